The molecule has 1 aliphatic rings. The molecule has 0 radical (unpaired) electrons. The van der Waals surface area contributed by atoms with Gasteiger partial charge in [-0.1, -0.05) is 12.5 Å². The van der Waals surface area contributed by atoms with Crippen molar-refractivity contribution >= 4 is 5.97 Å². The number of hydrogen-bond donors (Lipinski definition) is 2. The zero-order valence-electron chi connectivity index (χ0n) is 11.2. The minimum atomic E-state index is -0.678. The maximum absolute atomic E-state index is 13.0. The van der Waals surface area contributed by atoms with Crippen LogP contribution in [0.25, 0.3) is 0 Å². The molecule has 0 heterocycles. The maximum Gasteiger partial charge on any atom is 0.306 e. The fourth-order valence-corrected chi connectivity index (χ4v) is 2.86. The molecule has 2 rings (SSSR count). The number of benzene rings is 1. The highest BCUT2D eigenvalue weighted by Crippen LogP contribution is 2.31. The Balaban J connectivity index is 1.84. The van der Waals surface area contributed by atoms with Crippen LogP contribution in [0.1, 0.15) is 30.4 Å². The first kappa shape index (κ1) is 14.0. The molecule has 4 heteroatoms. The van der Waals surface area contributed by atoms with Crippen LogP contribution in [0.3, 0.4) is 0 Å². The number of carbonyl (C=O) groups is 1. The molecule has 19 heavy (non-hydrogen) atoms. The highest BCUT2D eigenvalue weighted by Gasteiger charge is 2.32. The number of carboxylic acids is 1. The standard InChI is InChI=1S/C15H20FNO2/c1-10-7-13(16)6-5-11(10)8-17-9-12-3-2-4-14(12)15(18)19/h5-7,12,14,17H,2-4,8-9H2,1H3,(H,18,19). The number of nitrogens with one attached hydrogen (secondary N) is 1. The number of hydrogen-bond acceptors (Lipinski definition) is 2. The molecule has 2 N–H and O–H groups in total. The van der Waals surface area contributed by atoms with Gasteiger partial charge in [0, 0.05) is 6.54 Å². The molecule has 1 aromatic rings. The lowest BCUT2D eigenvalue weighted by Gasteiger charge is -2.16. The Bertz CT molecular complexity index is 461. The Morgan fingerprint density at radius 2 is 2.26 bits per heavy atom. The summed E-state index contributed by atoms with van der Waals surface area (Å²) < 4.78 is 13.0. The fraction of sp³-hybridized carbons (Fsp3) is 0.533. The van der Waals surface area contributed by atoms with Crippen LogP contribution in [0.15, 0.2) is 18.2 Å². The summed E-state index contributed by atoms with van der Waals surface area (Å²) in [6.07, 6.45) is 2.77. The second-order valence-electron chi connectivity index (χ2n) is 5.34. The van der Waals surface area contributed by atoms with Crippen LogP contribution in [0.5, 0.6) is 0 Å². The van der Waals surface area contributed by atoms with Gasteiger partial charge in [0.25, 0.3) is 0 Å². The third-order valence-corrected chi connectivity index (χ3v) is 4.00. The van der Waals surface area contributed by atoms with E-state index in [4.69, 9.17) is 5.11 Å². The molecule has 1 aliphatic carbocycles. The van der Waals surface area contributed by atoms with E-state index in [1.165, 1.54) is 12.1 Å². The molecule has 104 valence electrons. The van der Waals surface area contributed by atoms with E-state index in [0.717, 1.165) is 30.4 Å². The van der Waals surface area contributed by atoms with Crippen molar-refractivity contribution in [3.05, 3.63) is 35.1 Å². The van der Waals surface area contributed by atoms with Gasteiger partial charge in [-0.2, -0.15) is 0 Å². The lowest BCUT2D eigenvalue weighted by Crippen LogP contribution is -2.28. The van der Waals surface area contributed by atoms with Gasteiger partial charge in [-0.25, -0.2) is 4.39 Å². The first-order chi connectivity index (χ1) is 9.08. The van der Waals surface area contributed by atoms with Crippen molar-refractivity contribution in [1.82, 2.24) is 5.32 Å². The van der Waals surface area contributed by atoms with Gasteiger partial charge in [-0.3, -0.25) is 4.79 Å². The van der Waals surface area contributed by atoms with Crippen molar-refractivity contribution < 1.29 is 14.3 Å². The summed E-state index contributed by atoms with van der Waals surface area (Å²) in [5.41, 5.74) is 1.99. The molecule has 0 saturated heterocycles. The third kappa shape index (κ3) is 3.53. The van der Waals surface area contributed by atoms with Crippen LogP contribution in [-0.4, -0.2) is 17.6 Å². The van der Waals surface area contributed by atoms with E-state index in [1.54, 1.807) is 6.07 Å². The summed E-state index contributed by atoms with van der Waals surface area (Å²) in [6, 6.07) is 4.76. The Hall–Kier alpha value is -1.42. The lowest BCUT2D eigenvalue weighted by molar-refractivity contribution is -0.142. The summed E-state index contributed by atoms with van der Waals surface area (Å²) in [4.78, 5) is 11.1. The zero-order valence-corrected chi connectivity index (χ0v) is 11.2. The average molecular weight is 265 g/mol. The van der Waals surface area contributed by atoms with E-state index in [1.807, 2.05) is 6.92 Å². The first-order valence-electron chi connectivity index (χ1n) is 6.76. The maximum atomic E-state index is 13.0. The molecule has 0 bridgehead atoms. The number of aliphatic carboxylic acids is 1. The normalized spacial score (nSPS) is 22.6. The van der Waals surface area contributed by atoms with E-state index in [-0.39, 0.29) is 17.7 Å². The Morgan fingerprint density at radius 3 is 2.95 bits per heavy atom. The van der Waals surface area contributed by atoms with Gasteiger partial charge in [0.05, 0.1) is 5.92 Å². The Labute approximate surface area is 112 Å². The van der Waals surface area contributed by atoms with Crippen LogP contribution >= 0.6 is 0 Å². The van der Waals surface area contributed by atoms with Gasteiger partial charge in [-0.15, -0.1) is 0 Å². The summed E-state index contributed by atoms with van der Waals surface area (Å²) in [5, 5.41) is 12.4. The van der Waals surface area contributed by atoms with Gasteiger partial charge >= 0.3 is 5.97 Å². The molecule has 0 amide bonds. The monoisotopic (exact) mass is 265 g/mol. The van der Waals surface area contributed by atoms with Crippen LogP contribution in [0.4, 0.5) is 4.39 Å². The van der Waals surface area contributed by atoms with E-state index in [2.05, 4.69) is 5.32 Å². The number of rotatable bonds is 5. The minimum absolute atomic E-state index is 0.207. The van der Waals surface area contributed by atoms with Crippen LogP contribution in [0.2, 0.25) is 0 Å². The van der Waals surface area contributed by atoms with Crippen LogP contribution < -0.4 is 5.32 Å². The molecule has 1 saturated carbocycles. The molecule has 1 fully saturated rings. The highest BCUT2D eigenvalue weighted by atomic mass is 19.1. The summed E-state index contributed by atoms with van der Waals surface area (Å²) >= 11 is 0. The summed E-state index contributed by atoms with van der Waals surface area (Å²) in [6.45, 7) is 3.26. The molecular formula is C15H20FNO2. The van der Waals surface area contributed by atoms with Crippen molar-refractivity contribution in [2.45, 2.75) is 32.7 Å². The average Bonchev–Trinajstić information content (AvgIpc) is 2.80. The summed E-state index contributed by atoms with van der Waals surface area (Å²) in [5.74, 6) is -0.884. The van der Waals surface area contributed by atoms with Crippen LogP contribution in [-0.2, 0) is 11.3 Å². The molecular weight excluding hydrogens is 245 g/mol. The Morgan fingerprint density at radius 1 is 1.47 bits per heavy atom. The van der Waals surface area contributed by atoms with Gasteiger partial charge in [0.2, 0.25) is 0 Å². The topological polar surface area (TPSA) is 49.3 Å². The SMILES string of the molecule is Cc1cc(F)ccc1CNCC1CCCC1C(=O)O. The van der Waals surface area contributed by atoms with Crippen molar-refractivity contribution in [2.75, 3.05) is 6.54 Å². The number of halogens is 1. The molecule has 1 aromatic carbocycles. The molecule has 0 spiro atoms. The van der Waals surface area contributed by atoms with Crippen molar-refractivity contribution in [3.8, 4) is 0 Å². The smallest absolute Gasteiger partial charge is 0.306 e. The van der Waals surface area contributed by atoms with Crippen molar-refractivity contribution in [1.29, 1.82) is 0 Å². The lowest BCUT2D eigenvalue weighted by atomic mass is 9.96. The molecule has 3 nitrogen and oxygen atoms in total. The predicted octanol–water partition coefficient (Wildman–Crippen LogP) is 2.72. The van der Waals surface area contributed by atoms with E-state index >= 15 is 0 Å². The predicted molar refractivity (Wildman–Crippen MR) is 71.3 cm³/mol. The molecule has 2 unspecified atom stereocenters. The first-order valence-corrected chi connectivity index (χ1v) is 6.76. The molecule has 0 aromatic heterocycles. The number of aryl methyl sites for hydroxylation is 1. The van der Waals surface area contributed by atoms with Gasteiger partial charge in [0.15, 0.2) is 0 Å². The van der Waals surface area contributed by atoms with E-state index < -0.39 is 5.97 Å². The van der Waals surface area contributed by atoms with E-state index in [0.29, 0.717) is 13.1 Å². The van der Waals surface area contributed by atoms with E-state index in [9.17, 15) is 9.18 Å². The van der Waals surface area contributed by atoms with Gasteiger partial charge in [-0.05, 0) is 55.5 Å². The quantitative estimate of drug-likeness (QED) is 0.860. The number of carboxylic acid groups (broad SMARTS) is 1. The Kier molecular flexibility index (Phi) is 4.53. The molecule has 0 aliphatic heterocycles. The third-order valence-electron chi connectivity index (χ3n) is 4.00. The van der Waals surface area contributed by atoms with Gasteiger partial charge < -0.3 is 10.4 Å². The second-order valence-corrected chi connectivity index (χ2v) is 5.34. The fourth-order valence-electron chi connectivity index (χ4n) is 2.86. The summed E-state index contributed by atoms with van der Waals surface area (Å²) in [7, 11) is 0. The minimum Gasteiger partial charge on any atom is -0.481 e. The van der Waals surface area contributed by atoms with Crippen molar-refractivity contribution in [3.63, 3.8) is 0 Å². The second kappa shape index (κ2) is 6.15. The van der Waals surface area contributed by atoms with Gasteiger partial charge in [0.1, 0.15) is 5.82 Å². The molecule has 2 atom stereocenters. The van der Waals surface area contributed by atoms with Crippen LogP contribution in [0, 0.1) is 24.6 Å². The highest BCUT2D eigenvalue weighted by molar-refractivity contribution is 5.70. The largest absolute Gasteiger partial charge is 0.481 e. The van der Waals surface area contributed by atoms with Crippen molar-refractivity contribution in [2.24, 2.45) is 11.8 Å². The zero-order chi connectivity index (χ0) is 13.8.